The monoisotopic (exact) mass is 501 g/mol. The van der Waals surface area contributed by atoms with E-state index in [0.717, 1.165) is 44.4 Å². The van der Waals surface area contributed by atoms with Crippen LogP contribution < -0.4 is 5.32 Å². The zero-order valence-corrected chi connectivity index (χ0v) is 20.9. The van der Waals surface area contributed by atoms with Crippen molar-refractivity contribution in [3.8, 4) is 28.5 Å². The summed E-state index contributed by atoms with van der Waals surface area (Å²) in [7, 11) is 0. The van der Waals surface area contributed by atoms with E-state index < -0.39 is 5.97 Å². The van der Waals surface area contributed by atoms with Crippen LogP contribution in [0.5, 0.6) is 0 Å². The molecular formula is C32H24FN3O2. The van der Waals surface area contributed by atoms with Gasteiger partial charge in [-0.05, 0) is 79.1 Å². The lowest BCUT2D eigenvalue weighted by Gasteiger charge is -2.21. The fraction of sp³-hybridized carbons (Fsp3) is 0.0938. The van der Waals surface area contributed by atoms with Gasteiger partial charge in [0.05, 0.1) is 28.4 Å². The minimum absolute atomic E-state index is 0.199. The van der Waals surface area contributed by atoms with Gasteiger partial charge >= 0.3 is 5.97 Å². The average molecular weight is 502 g/mol. The number of anilines is 1. The molecule has 1 heterocycles. The van der Waals surface area contributed by atoms with Crippen LogP contribution in [0.1, 0.15) is 40.0 Å². The van der Waals surface area contributed by atoms with Crippen LogP contribution in [0, 0.1) is 24.1 Å². The van der Waals surface area contributed by atoms with Crippen LogP contribution >= 0.6 is 0 Å². The van der Waals surface area contributed by atoms with Gasteiger partial charge in [0.2, 0.25) is 0 Å². The highest BCUT2D eigenvalue weighted by Gasteiger charge is 2.18. The summed E-state index contributed by atoms with van der Waals surface area (Å²) in [5, 5.41) is 23.1. The smallest absolute Gasteiger partial charge is 0.337 e. The third kappa shape index (κ3) is 4.82. The number of halogens is 1. The molecular weight excluding hydrogens is 477 g/mol. The second kappa shape index (κ2) is 10.2. The van der Waals surface area contributed by atoms with Crippen molar-refractivity contribution in [3.63, 3.8) is 0 Å². The molecule has 0 amide bonds. The maximum Gasteiger partial charge on any atom is 0.337 e. The van der Waals surface area contributed by atoms with Crippen molar-refractivity contribution < 1.29 is 14.3 Å². The first-order valence-electron chi connectivity index (χ1n) is 12.1. The number of hydrogen-bond acceptors (Lipinski definition) is 4. The Bertz CT molecular complexity index is 1710. The molecule has 0 aliphatic heterocycles. The third-order valence-electron chi connectivity index (χ3n) is 6.55. The summed E-state index contributed by atoms with van der Waals surface area (Å²) in [6.07, 6.45) is 0. The van der Waals surface area contributed by atoms with Crippen molar-refractivity contribution in [2.24, 2.45) is 0 Å². The van der Waals surface area contributed by atoms with Crippen molar-refractivity contribution in [1.29, 1.82) is 5.26 Å². The number of nitriles is 1. The largest absolute Gasteiger partial charge is 0.478 e. The van der Waals surface area contributed by atoms with Crippen LogP contribution in [-0.4, -0.2) is 16.1 Å². The van der Waals surface area contributed by atoms with Crippen LogP contribution in [0.2, 0.25) is 0 Å². The number of carbonyl (C=O) groups is 1. The van der Waals surface area contributed by atoms with E-state index in [-0.39, 0.29) is 17.4 Å². The standard InChI is InChI=1S/C32H24FN3O2/c1-19-15-26(20(2)35-29-6-4-3-5-25(29)32(37)38)28-17-27(22-11-13-24(33)14-12-22)31(36-30(28)16-19)23-9-7-21(18-34)8-10-23/h3-17,20,35H,1-2H3,(H,37,38). The summed E-state index contributed by atoms with van der Waals surface area (Å²) in [6.45, 7) is 3.98. The molecule has 2 N–H and O–H groups in total. The number of rotatable bonds is 6. The molecule has 6 heteroatoms. The maximum atomic E-state index is 13.8. The molecule has 0 spiro atoms. The molecule has 0 bridgehead atoms. The Balaban J connectivity index is 1.70. The molecule has 1 atom stereocenters. The summed E-state index contributed by atoms with van der Waals surface area (Å²) >= 11 is 0. The number of carboxylic acids is 1. The Morgan fingerprint density at radius 1 is 0.974 bits per heavy atom. The number of benzene rings is 4. The number of hydrogen-bond donors (Lipinski definition) is 2. The second-order valence-electron chi connectivity index (χ2n) is 9.22. The molecule has 186 valence electrons. The van der Waals surface area contributed by atoms with Crippen molar-refractivity contribution in [2.45, 2.75) is 19.9 Å². The summed E-state index contributed by atoms with van der Waals surface area (Å²) in [5.74, 6) is -1.32. The highest BCUT2D eigenvalue weighted by atomic mass is 19.1. The average Bonchev–Trinajstić information content (AvgIpc) is 2.92. The minimum Gasteiger partial charge on any atom is -0.478 e. The molecule has 0 saturated heterocycles. The predicted molar refractivity (Wildman–Crippen MR) is 147 cm³/mol. The van der Waals surface area contributed by atoms with Gasteiger partial charge in [-0.3, -0.25) is 0 Å². The van der Waals surface area contributed by atoms with Gasteiger partial charge in [-0.25, -0.2) is 14.2 Å². The van der Waals surface area contributed by atoms with E-state index in [1.54, 1.807) is 48.5 Å². The summed E-state index contributed by atoms with van der Waals surface area (Å²) in [4.78, 5) is 16.8. The quantitative estimate of drug-likeness (QED) is 0.248. The first kappa shape index (κ1) is 24.7. The molecule has 1 unspecified atom stereocenters. The van der Waals surface area contributed by atoms with Gasteiger partial charge in [-0.2, -0.15) is 5.26 Å². The topological polar surface area (TPSA) is 86.0 Å². The predicted octanol–water partition coefficient (Wildman–Crippen LogP) is 7.76. The lowest BCUT2D eigenvalue weighted by atomic mass is 9.93. The minimum atomic E-state index is -0.998. The molecule has 0 radical (unpaired) electrons. The second-order valence-corrected chi connectivity index (χ2v) is 9.22. The zero-order valence-electron chi connectivity index (χ0n) is 20.9. The summed E-state index contributed by atoms with van der Waals surface area (Å²) in [6, 6.07) is 28.4. The van der Waals surface area contributed by atoms with E-state index in [9.17, 15) is 19.6 Å². The van der Waals surface area contributed by atoms with Crippen molar-refractivity contribution in [1.82, 2.24) is 4.98 Å². The molecule has 5 nitrogen and oxygen atoms in total. The number of nitrogens with one attached hydrogen (secondary N) is 1. The van der Waals surface area contributed by atoms with Gasteiger partial charge in [0.15, 0.2) is 0 Å². The van der Waals surface area contributed by atoms with Gasteiger partial charge in [0.25, 0.3) is 0 Å². The van der Waals surface area contributed by atoms with E-state index in [0.29, 0.717) is 11.3 Å². The van der Waals surface area contributed by atoms with E-state index in [1.165, 1.54) is 12.1 Å². The Labute approximate surface area is 219 Å². The van der Waals surface area contributed by atoms with E-state index in [1.807, 2.05) is 32.0 Å². The Kier molecular flexibility index (Phi) is 6.59. The van der Waals surface area contributed by atoms with E-state index in [4.69, 9.17) is 4.98 Å². The van der Waals surface area contributed by atoms with Gasteiger partial charge in [0, 0.05) is 28.2 Å². The first-order chi connectivity index (χ1) is 18.3. The van der Waals surface area contributed by atoms with Crippen LogP contribution in [0.25, 0.3) is 33.3 Å². The fourth-order valence-corrected chi connectivity index (χ4v) is 4.69. The Morgan fingerprint density at radius 2 is 1.66 bits per heavy atom. The zero-order chi connectivity index (χ0) is 26.8. The molecule has 0 aliphatic rings. The number of aromatic carboxylic acids is 1. The molecule has 38 heavy (non-hydrogen) atoms. The fourth-order valence-electron chi connectivity index (χ4n) is 4.69. The van der Waals surface area contributed by atoms with Crippen molar-refractivity contribution in [3.05, 3.63) is 119 Å². The van der Waals surface area contributed by atoms with Crippen molar-refractivity contribution in [2.75, 3.05) is 5.32 Å². The van der Waals surface area contributed by atoms with Crippen LogP contribution in [0.4, 0.5) is 10.1 Å². The van der Waals surface area contributed by atoms with E-state index in [2.05, 4.69) is 23.5 Å². The van der Waals surface area contributed by atoms with E-state index >= 15 is 0 Å². The molecule has 5 rings (SSSR count). The summed E-state index contributed by atoms with van der Waals surface area (Å²) in [5.41, 5.74) is 7.24. The first-order valence-corrected chi connectivity index (χ1v) is 12.1. The van der Waals surface area contributed by atoms with Crippen LogP contribution in [0.15, 0.2) is 91.0 Å². The molecule has 0 fully saturated rings. The molecule has 0 aliphatic carbocycles. The molecule has 4 aromatic carbocycles. The SMILES string of the molecule is Cc1cc(C(C)Nc2ccccc2C(=O)O)c2cc(-c3ccc(F)cc3)c(-c3ccc(C#N)cc3)nc2c1. The van der Waals surface area contributed by atoms with Gasteiger partial charge in [-0.1, -0.05) is 42.5 Å². The number of pyridine rings is 1. The number of aromatic nitrogens is 1. The van der Waals surface area contributed by atoms with Crippen LogP contribution in [-0.2, 0) is 0 Å². The number of aryl methyl sites for hydroxylation is 1. The number of para-hydroxylation sites is 1. The van der Waals surface area contributed by atoms with Gasteiger partial charge in [-0.15, -0.1) is 0 Å². The molecule has 1 aromatic heterocycles. The van der Waals surface area contributed by atoms with Gasteiger partial charge < -0.3 is 10.4 Å². The highest BCUT2D eigenvalue weighted by molar-refractivity contribution is 5.96. The van der Waals surface area contributed by atoms with Crippen LogP contribution in [0.3, 0.4) is 0 Å². The lowest BCUT2D eigenvalue weighted by Crippen LogP contribution is -2.11. The number of nitrogens with zero attached hydrogens (tertiary/aromatic N) is 2. The lowest BCUT2D eigenvalue weighted by molar-refractivity contribution is 0.0698. The molecule has 0 saturated carbocycles. The summed E-state index contributed by atoms with van der Waals surface area (Å²) < 4.78 is 13.8. The number of fused-ring (bicyclic) bond motifs is 1. The normalized spacial score (nSPS) is 11.6. The Morgan fingerprint density at radius 3 is 2.34 bits per heavy atom. The Hall–Kier alpha value is -5.02. The van der Waals surface area contributed by atoms with Crippen molar-refractivity contribution >= 4 is 22.6 Å². The molecule has 5 aromatic rings. The van der Waals surface area contributed by atoms with Gasteiger partial charge in [0.1, 0.15) is 5.82 Å². The third-order valence-corrected chi connectivity index (χ3v) is 6.55. The highest BCUT2D eigenvalue weighted by Crippen LogP contribution is 2.37. The number of carboxylic acid groups (broad SMARTS) is 1. The maximum absolute atomic E-state index is 13.8.